The van der Waals surface area contributed by atoms with Crippen LogP contribution in [-0.2, 0) is 4.79 Å². The zero-order chi connectivity index (χ0) is 24.2. The number of hydrogen-bond acceptors (Lipinski definition) is 5. The molecule has 0 fully saturated rings. The normalized spacial score (nSPS) is 10.7. The van der Waals surface area contributed by atoms with Crippen LogP contribution in [0.15, 0.2) is 102 Å². The van der Waals surface area contributed by atoms with E-state index in [-0.39, 0.29) is 5.91 Å². The second kappa shape index (κ2) is 9.61. The SMILES string of the molecule is COc1ccc(-c2ccnn2-c2ccc(-c3ccccc3NC(C)=O)cc2)cc1Oc1ccoc1. The van der Waals surface area contributed by atoms with Gasteiger partial charge in [0.1, 0.15) is 6.26 Å². The van der Waals surface area contributed by atoms with Gasteiger partial charge >= 0.3 is 0 Å². The minimum absolute atomic E-state index is 0.106. The number of rotatable bonds is 7. The highest BCUT2D eigenvalue weighted by Gasteiger charge is 2.14. The lowest BCUT2D eigenvalue weighted by Crippen LogP contribution is -2.06. The summed E-state index contributed by atoms with van der Waals surface area (Å²) in [4.78, 5) is 11.6. The van der Waals surface area contributed by atoms with Crippen molar-refractivity contribution in [2.45, 2.75) is 6.92 Å². The van der Waals surface area contributed by atoms with Crippen LogP contribution in [0.25, 0.3) is 28.1 Å². The number of benzene rings is 3. The van der Waals surface area contributed by atoms with Gasteiger partial charge < -0.3 is 19.2 Å². The van der Waals surface area contributed by atoms with Crippen molar-refractivity contribution in [2.75, 3.05) is 12.4 Å². The van der Waals surface area contributed by atoms with Crippen LogP contribution < -0.4 is 14.8 Å². The number of para-hydroxylation sites is 1. The van der Waals surface area contributed by atoms with Gasteiger partial charge in [-0.3, -0.25) is 4.79 Å². The molecule has 0 aliphatic rings. The molecule has 0 bridgehead atoms. The lowest BCUT2D eigenvalue weighted by molar-refractivity contribution is -0.114. The molecule has 0 saturated heterocycles. The number of hydrogen-bond donors (Lipinski definition) is 1. The number of aromatic nitrogens is 2. The molecule has 0 spiro atoms. The predicted molar refractivity (Wildman–Crippen MR) is 134 cm³/mol. The molecule has 2 heterocycles. The zero-order valence-electron chi connectivity index (χ0n) is 19.3. The summed E-state index contributed by atoms with van der Waals surface area (Å²) in [6, 6.07) is 25.2. The highest BCUT2D eigenvalue weighted by atomic mass is 16.5. The number of methoxy groups -OCH3 is 1. The summed E-state index contributed by atoms with van der Waals surface area (Å²) < 4.78 is 18.4. The standard InChI is InChI=1S/C28H23N3O4/c1-19(32)30-25-6-4-3-5-24(25)20-7-10-22(11-8-20)31-26(13-15-29-31)21-9-12-27(33-2)28(17-21)35-23-14-16-34-18-23/h3-18H,1-2H3,(H,30,32). The Kier molecular flexibility index (Phi) is 6.05. The molecule has 5 rings (SSSR count). The predicted octanol–water partition coefficient (Wildman–Crippen LogP) is 6.56. The van der Waals surface area contributed by atoms with Crippen molar-refractivity contribution in [2.24, 2.45) is 0 Å². The summed E-state index contributed by atoms with van der Waals surface area (Å²) in [6.07, 6.45) is 4.84. The van der Waals surface area contributed by atoms with Crippen LogP contribution in [0.2, 0.25) is 0 Å². The minimum atomic E-state index is -0.106. The number of anilines is 1. The Morgan fingerprint density at radius 2 is 1.74 bits per heavy atom. The summed E-state index contributed by atoms with van der Waals surface area (Å²) in [5.74, 6) is 1.67. The van der Waals surface area contributed by atoms with Crippen LogP contribution in [0.4, 0.5) is 5.69 Å². The van der Waals surface area contributed by atoms with Gasteiger partial charge in [0.05, 0.1) is 31.0 Å². The smallest absolute Gasteiger partial charge is 0.221 e. The first-order valence-electron chi connectivity index (χ1n) is 11.0. The van der Waals surface area contributed by atoms with Crippen LogP contribution in [-0.4, -0.2) is 22.8 Å². The first-order chi connectivity index (χ1) is 17.1. The maximum Gasteiger partial charge on any atom is 0.221 e. The molecule has 0 radical (unpaired) electrons. The van der Waals surface area contributed by atoms with Crippen molar-refractivity contribution >= 4 is 11.6 Å². The second-order valence-corrected chi connectivity index (χ2v) is 7.83. The van der Waals surface area contributed by atoms with Crippen molar-refractivity contribution in [1.29, 1.82) is 0 Å². The first-order valence-corrected chi connectivity index (χ1v) is 11.0. The number of carbonyl (C=O) groups is 1. The molecule has 1 amide bonds. The number of nitrogens with one attached hydrogen (secondary N) is 1. The Bertz CT molecular complexity index is 1450. The van der Waals surface area contributed by atoms with Crippen molar-refractivity contribution in [3.63, 3.8) is 0 Å². The van der Waals surface area contributed by atoms with Crippen LogP contribution in [0.3, 0.4) is 0 Å². The molecule has 0 atom stereocenters. The van der Waals surface area contributed by atoms with Gasteiger partial charge in [-0.05, 0) is 48.0 Å². The van der Waals surface area contributed by atoms with Crippen LogP contribution in [0, 0.1) is 0 Å². The molecule has 7 heteroatoms. The minimum Gasteiger partial charge on any atom is -0.493 e. The first kappa shape index (κ1) is 22.0. The lowest BCUT2D eigenvalue weighted by atomic mass is 10.0. The molecule has 1 N–H and O–H groups in total. The number of amides is 1. The van der Waals surface area contributed by atoms with E-state index >= 15 is 0 Å². The Labute approximate surface area is 202 Å². The Balaban J connectivity index is 1.47. The van der Waals surface area contributed by atoms with Gasteiger partial charge in [-0.15, -0.1) is 0 Å². The van der Waals surface area contributed by atoms with Crippen molar-refractivity contribution < 1.29 is 18.7 Å². The average molecular weight is 466 g/mol. The molecule has 0 aliphatic carbocycles. The fraction of sp³-hybridized carbons (Fsp3) is 0.0714. The molecular weight excluding hydrogens is 442 g/mol. The topological polar surface area (TPSA) is 78.5 Å². The van der Waals surface area contributed by atoms with E-state index in [0.29, 0.717) is 17.2 Å². The lowest BCUT2D eigenvalue weighted by Gasteiger charge is -2.13. The van der Waals surface area contributed by atoms with Crippen LogP contribution >= 0.6 is 0 Å². The fourth-order valence-electron chi connectivity index (χ4n) is 3.90. The van der Waals surface area contributed by atoms with Gasteiger partial charge in [-0.2, -0.15) is 5.10 Å². The van der Waals surface area contributed by atoms with Crippen molar-refractivity contribution in [1.82, 2.24) is 9.78 Å². The summed E-state index contributed by atoms with van der Waals surface area (Å²) in [7, 11) is 1.60. The van der Waals surface area contributed by atoms with Gasteiger partial charge in [0.2, 0.25) is 5.91 Å². The monoisotopic (exact) mass is 465 g/mol. The third-order valence-corrected chi connectivity index (χ3v) is 5.49. The van der Waals surface area contributed by atoms with Crippen LogP contribution in [0.1, 0.15) is 6.92 Å². The molecule has 35 heavy (non-hydrogen) atoms. The molecule has 0 unspecified atom stereocenters. The zero-order valence-corrected chi connectivity index (χ0v) is 19.3. The number of ether oxygens (including phenoxy) is 2. The van der Waals surface area contributed by atoms with Gasteiger partial charge in [-0.25, -0.2) is 4.68 Å². The van der Waals surface area contributed by atoms with E-state index in [1.807, 2.05) is 77.5 Å². The molecule has 3 aromatic carbocycles. The maximum absolute atomic E-state index is 11.6. The highest BCUT2D eigenvalue weighted by Crippen LogP contribution is 2.36. The van der Waals surface area contributed by atoms with E-state index in [1.165, 1.54) is 13.2 Å². The molecule has 2 aromatic heterocycles. The number of nitrogens with zero attached hydrogens (tertiary/aromatic N) is 2. The quantitative estimate of drug-likeness (QED) is 0.295. The van der Waals surface area contributed by atoms with Gasteiger partial charge in [0.15, 0.2) is 17.2 Å². The van der Waals surface area contributed by atoms with E-state index in [1.54, 1.807) is 25.6 Å². The van der Waals surface area contributed by atoms with E-state index < -0.39 is 0 Å². The summed E-state index contributed by atoms with van der Waals surface area (Å²) in [5.41, 5.74) is 5.44. The van der Waals surface area contributed by atoms with E-state index in [9.17, 15) is 4.79 Å². The Morgan fingerprint density at radius 1 is 0.943 bits per heavy atom. The van der Waals surface area contributed by atoms with Crippen molar-refractivity contribution in [3.05, 3.63) is 97.6 Å². The molecule has 7 nitrogen and oxygen atoms in total. The third-order valence-electron chi connectivity index (χ3n) is 5.49. The van der Waals surface area contributed by atoms with E-state index in [2.05, 4.69) is 10.4 Å². The van der Waals surface area contributed by atoms with E-state index in [0.717, 1.165) is 33.8 Å². The highest BCUT2D eigenvalue weighted by molar-refractivity contribution is 5.94. The summed E-state index contributed by atoms with van der Waals surface area (Å²) >= 11 is 0. The number of carbonyl (C=O) groups excluding carboxylic acids is 1. The molecule has 0 saturated carbocycles. The molecule has 5 aromatic rings. The Morgan fingerprint density at radius 3 is 2.49 bits per heavy atom. The molecular formula is C28H23N3O4. The Hall–Kier alpha value is -4.78. The maximum atomic E-state index is 11.6. The number of furan rings is 1. The van der Waals surface area contributed by atoms with Gasteiger partial charge in [-0.1, -0.05) is 30.3 Å². The third kappa shape index (κ3) is 4.65. The summed E-state index contributed by atoms with van der Waals surface area (Å²) in [6.45, 7) is 1.50. The molecule has 0 aliphatic heterocycles. The van der Waals surface area contributed by atoms with Gasteiger partial charge in [0.25, 0.3) is 0 Å². The average Bonchev–Trinajstić information content (AvgIpc) is 3.57. The molecule has 174 valence electrons. The second-order valence-electron chi connectivity index (χ2n) is 7.83. The van der Waals surface area contributed by atoms with E-state index in [4.69, 9.17) is 13.9 Å². The largest absolute Gasteiger partial charge is 0.493 e. The summed E-state index contributed by atoms with van der Waals surface area (Å²) in [5, 5.41) is 7.43. The fourth-order valence-corrected chi connectivity index (χ4v) is 3.90. The van der Waals surface area contributed by atoms with Gasteiger partial charge in [0, 0.05) is 29.8 Å². The van der Waals surface area contributed by atoms with Crippen molar-refractivity contribution in [3.8, 4) is 45.3 Å². The van der Waals surface area contributed by atoms with Crippen LogP contribution in [0.5, 0.6) is 17.2 Å².